The fraction of sp³-hybridized carbons (Fsp3) is 0.536. The molecule has 164 valence electrons. The van der Waals surface area contributed by atoms with Gasteiger partial charge in [0, 0.05) is 0 Å². The van der Waals surface area contributed by atoms with Gasteiger partial charge in [-0.05, 0) is 54.2 Å². The molecule has 0 aromatic heterocycles. The molecule has 0 bridgehead atoms. The van der Waals surface area contributed by atoms with E-state index in [1.54, 1.807) is 0 Å². The van der Waals surface area contributed by atoms with E-state index in [0.717, 1.165) is 18.4 Å². The molecule has 0 N–H and O–H groups in total. The molecule has 2 unspecified atom stereocenters. The van der Waals surface area contributed by atoms with E-state index in [9.17, 15) is 4.79 Å². The highest BCUT2D eigenvalue weighted by molar-refractivity contribution is 5.82. The Kier molecular flexibility index (Phi) is 7.22. The maximum atomic E-state index is 13.1. The van der Waals surface area contributed by atoms with Crippen LogP contribution >= 0.6 is 0 Å². The highest BCUT2D eigenvalue weighted by Crippen LogP contribution is 2.68. The molecule has 0 radical (unpaired) electrons. The van der Waals surface area contributed by atoms with Gasteiger partial charge in [0.05, 0.1) is 5.41 Å². The van der Waals surface area contributed by atoms with Crippen LogP contribution in [0.2, 0.25) is 0 Å². The molecule has 0 amide bonds. The molecule has 0 heterocycles. The first kappa shape index (κ1) is 24.2. The number of esters is 1. The lowest BCUT2D eigenvalue weighted by Gasteiger charge is -2.28. The van der Waals surface area contributed by atoms with Crippen molar-refractivity contribution >= 4 is 5.97 Å². The van der Waals surface area contributed by atoms with Gasteiger partial charge in [0.1, 0.15) is 6.10 Å². The quantitative estimate of drug-likeness (QED) is 0.467. The number of benzene rings is 2. The van der Waals surface area contributed by atoms with E-state index in [4.69, 9.17) is 4.74 Å². The summed E-state index contributed by atoms with van der Waals surface area (Å²) >= 11 is 0. The topological polar surface area (TPSA) is 26.3 Å². The van der Waals surface area contributed by atoms with Gasteiger partial charge in [0.25, 0.3) is 0 Å². The van der Waals surface area contributed by atoms with Crippen molar-refractivity contribution in [3.63, 3.8) is 0 Å². The summed E-state index contributed by atoms with van der Waals surface area (Å²) in [5.74, 6) is -0.0393. The van der Waals surface area contributed by atoms with Crippen molar-refractivity contribution in [2.45, 2.75) is 81.3 Å². The molecule has 1 aliphatic carbocycles. The second-order valence-electron chi connectivity index (χ2n) is 10.4. The Morgan fingerprint density at radius 3 is 1.80 bits per heavy atom. The van der Waals surface area contributed by atoms with Crippen molar-refractivity contribution in [3.05, 3.63) is 59.7 Å². The third-order valence-corrected chi connectivity index (χ3v) is 6.19. The Morgan fingerprint density at radius 2 is 1.40 bits per heavy atom. The maximum Gasteiger partial charge on any atom is 0.313 e. The first-order valence-corrected chi connectivity index (χ1v) is 11.3. The molecule has 1 aliphatic rings. The Bertz CT molecular complexity index is 838. The fourth-order valence-electron chi connectivity index (χ4n) is 4.37. The lowest BCUT2D eigenvalue weighted by atomic mass is 9.79. The van der Waals surface area contributed by atoms with Crippen LogP contribution < -0.4 is 0 Å². The third kappa shape index (κ3) is 5.33. The molecule has 0 spiro atoms. The number of rotatable bonds is 5. The second kappa shape index (κ2) is 8.96. The zero-order valence-corrected chi connectivity index (χ0v) is 20.4. The number of carbonyl (C=O) groups excluding carboxylic acids is 1. The Balaban J connectivity index is 0.00000155. The molecular weight excluding hydrogens is 368 g/mol. The van der Waals surface area contributed by atoms with E-state index in [0.29, 0.717) is 0 Å². The van der Waals surface area contributed by atoms with Gasteiger partial charge in [-0.1, -0.05) is 103 Å². The average molecular weight is 409 g/mol. The molecule has 3 rings (SSSR count). The van der Waals surface area contributed by atoms with Crippen molar-refractivity contribution in [3.8, 4) is 11.1 Å². The number of aryl methyl sites for hydroxylation is 1. The van der Waals surface area contributed by atoms with E-state index in [1.165, 1.54) is 16.7 Å². The standard InChI is InChI=1S/C26H34O2.C2H6/c1-18-8-10-21(11-9-18)22-14-12-20(13-15-22)19(2)28-23(27)26(16-24(3,4)5)17-25(26,6)7;1-2/h8-15,19H,16-17H2,1-7H3;1-2H3. The fourth-order valence-corrected chi connectivity index (χ4v) is 4.37. The van der Waals surface area contributed by atoms with Crippen LogP contribution in [0.4, 0.5) is 0 Å². The SMILES string of the molecule is CC.Cc1ccc(-c2ccc(C(C)OC(=O)C3(CC(C)(C)C)CC3(C)C)cc2)cc1. The van der Waals surface area contributed by atoms with E-state index in [-0.39, 0.29) is 28.3 Å². The Hall–Kier alpha value is -2.09. The molecule has 1 fully saturated rings. The summed E-state index contributed by atoms with van der Waals surface area (Å²) in [6.45, 7) is 19.0. The van der Waals surface area contributed by atoms with Crippen LogP contribution in [0.5, 0.6) is 0 Å². The van der Waals surface area contributed by atoms with Crippen LogP contribution in [0, 0.1) is 23.2 Å². The van der Waals surface area contributed by atoms with Crippen LogP contribution in [0.25, 0.3) is 11.1 Å². The van der Waals surface area contributed by atoms with Gasteiger partial charge in [0.15, 0.2) is 0 Å². The summed E-state index contributed by atoms with van der Waals surface area (Å²) in [4.78, 5) is 13.1. The molecule has 0 saturated heterocycles. The summed E-state index contributed by atoms with van der Waals surface area (Å²) in [5.41, 5.74) is 4.45. The van der Waals surface area contributed by atoms with Crippen molar-refractivity contribution in [1.82, 2.24) is 0 Å². The maximum absolute atomic E-state index is 13.1. The Morgan fingerprint density at radius 1 is 0.967 bits per heavy atom. The minimum atomic E-state index is -0.346. The van der Waals surface area contributed by atoms with Crippen molar-refractivity contribution < 1.29 is 9.53 Å². The summed E-state index contributed by atoms with van der Waals surface area (Å²) in [6, 6.07) is 16.9. The first-order valence-electron chi connectivity index (χ1n) is 11.3. The van der Waals surface area contributed by atoms with Crippen molar-refractivity contribution in [2.75, 3.05) is 0 Å². The van der Waals surface area contributed by atoms with Crippen LogP contribution in [0.3, 0.4) is 0 Å². The summed E-state index contributed by atoms with van der Waals surface area (Å²) in [7, 11) is 0. The van der Waals surface area contributed by atoms with E-state index < -0.39 is 0 Å². The molecule has 2 heteroatoms. The lowest BCUT2D eigenvalue weighted by Crippen LogP contribution is -2.29. The number of ether oxygens (including phenoxy) is 1. The molecule has 2 aromatic carbocycles. The Labute approximate surface area is 184 Å². The average Bonchev–Trinajstić information content (AvgIpc) is 3.23. The van der Waals surface area contributed by atoms with Gasteiger partial charge in [-0.3, -0.25) is 4.79 Å². The third-order valence-electron chi connectivity index (χ3n) is 6.19. The number of hydrogen-bond acceptors (Lipinski definition) is 2. The molecule has 30 heavy (non-hydrogen) atoms. The minimum absolute atomic E-state index is 0.0202. The summed E-state index contributed by atoms with van der Waals surface area (Å²) < 4.78 is 5.97. The van der Waals surface area contributed by atoms with Crippen molar-refractivity contribution in [2.24, 2.45) is 16.2 Å². The zero-order valence-electron chi connectivity index (χ0n) is 20.4. The molecule has 2 nitrogen and oxygen atoms in total. The highest BCUT2D eigenvalue weighted by atomic mass is 16.5. The largest absolute Gasteiger partial charge is 0.457 e. The smallest absolute Gasteiger partial charge is 0.313 e. The van der Waals surface area contributed by atoms with Gasteiger partial charge < -0.3 is 4.74 Å². The summed E-state index contributed by atoms with van der Waals surface area (Å²) in [5, 5.41) is 0. The molecule has 2 atom stereocenters. The molecule has 2 aromatic rings. The van der Waals surface area contributed by atoms with Crippen LogP contribution in [0.1, 0.15) is 85.5 Å². The number of hydrogen-bond donors (Lipinski definition) is 0. The zero-order chi connectivity index (χ0) is 22.7. The monoisotopic (exact) mass is 408 g/mol. The molecular formula is C28H40O2. The van der Waals surface area contributed by atoms with E-state index in [2.05, 4.69) is 90.1 Å². The number of carbonyl (C=O) groups is 1. The van der Waals surface area contributed by atoms with E-state index in [1.807, 2.05) is 20.8 Å². The van der Waals surface area contributed by atoms with E-state index >= 15 is 0 Å². The predicted molar refractivity (Wildman–Crippen MR) is 127 cm³/mol. The van der Waals surface area contributed by atoms with Crippen LogP contribution in [-0.4, -0.2) is 5.97 Å². The van der Waals surface area contributed by atoms with Gasteiger partial charge >= 0.3 is 5.97 Å². The van der Waals surface area contributed by atoms with Gasteiger partial charge in [-0.15, -0.1) is 0 Å². The summed E-state index contributed by atoms with van der Waals surface area (Å²) in [6.07, 6.45) is 1.54. The van der Waals surface area contributed by atoms with Gasteiger partial charge in [-0.2, -0.15) is 0 Å². The second-order valence-corrected chi connectivity index (χ2v) is 10.4. The molecule has 1 saturated carbocycles. The lowest BCUT2D eigenvalue weighted by molar-refractivity contribution is -0.158. The van der Waals surface area contributed by atoms with Crippen molar-refractivity contribution in [1.29, 1.82) is 0 Å². The first-order chi connectivity index (χ1) is 13.9. The normalized spacial score (nSPS) is 20.6. The molecule has 0 aliphatic heterocycles. The highest BCUT2D eigenvalue weighted by Gasteiger charge is 2.68. The van der Waals surface area contributed by atoms with Crippen LogP contribution in [0.15, 0.2) is 48.5 Å². The minimum Gasteiger partial charge on any atom is -0.457 e. The van der Waals surface area contributed by atoms with Crippen LogP contribution in [-0.2, 0) is 9.53 Å². The van der Waals surface area contributed by atoms with Gasteiger partial charge in [0.2, 0.25) is 0 Å². The van der Waals surface area contributed by atoms with Gasteiger partial charge in [-0.25, -0.2) is 0 Å². The predicted octanol–water partition coefficient (Wildman–Crippen LogP) is 8.14.